The second kappa shape index (κ2) is 7.72. The summed E-state index contributed by atoms with van der Waals surface area (Å²) < 4.78 is 28.6. The van der Waals surface area contributed by atoms with Crippen molar-refractivity contribution in [2.75, 3.05) is 5.73 Å². The van der Waals surface area contributed by atoms with Crippen molar-refractivity contribution >= 4 is 43.3 Å². The molecule has 0 radical (unpaired) electrons. The summed E-state index contributed by atoms with van der Waals surface area (Å²) in [5.41, 5.74) is 11.2. The summed E-state index contributed by atoms with van der Waals surface area (Å²) in [6, 6.07) is 18.2. The first-order valence-electron chi connectivity index (χ1n) is 10.4. The number of rotatable bonds is 3. The summed E-state index contributed by atoms with van der Waals surface area (Å²) >= 11 is 3.47. The fourth-order valence-electron chi connectivity index (χ4n) is 4.03. The number of sulfonamides is 1. The van der Waals surface area contributed by atoms with Crippen LogP contribution in [-0.2, 0) is 10.0 Å². The number of hydrogen-bond acceptors (Lipinski definition) is 7. The van der Waals surface area contributed by atoms with Gasteiger partial charge in [0.15, 0.2) is 5.65 Å². The minimum absolute atomic E-state index is 0.0912. The van der Waals surface area contributed by atoms with Gasteiger partial charge in [0.2, 0.25) is 0 Å². The van der Waals surface area contributed by atoms with Gasteiger partial charge in [-0.2, -0.15) is 9.61 Å². The molecule has 0 spiro atoms. The van der Waals surface area contributed by atoms with Crippen LogP contribution in [0.1, 0.15) is 10.4 Å². The Balaban J connectivity index is 1.49. The predicted molar refractivity (Wildman–Crippen MR) is 134 cm³/mol. The number of hydrogen-bond donors (Lipinski definition) is 2. The molecule has 11 heteroatoms. The van der Waals surface area contributed by atoms with E-state index in [0.717, 1.165) is 16.8 Å². The first-order valence-corrected chi connectivity index (χ1v) is 12.7. The van der Waals surface area contributed by atoms with Gasteiger partial charge in [0.05, 0.1) is 27.6 Å². The maximum absolute atomic E-state index is 12.3. The van der Waals surface area contributed by atoms with Crippen molar-refractivity contribution in [3.05, 3.63) is 83.1 Å². The lowest BCUT2D eigenvalue weighted by molar-refractivity contribution is 0.0985. The molecule has 6 rings (SSSR count). The third-order valence-corrected chi connectivity index (χ3v) is 7.94. The molecular formula is C24H15BrN6O3S. The molecule has 0 saturated heterocycles. The highest BCUT2D eigenvalue weighted by Gasteiger charge is 2.33. The predicted octanol–water partition coefficient (Wildman–Crippen LogP) is 3.90. The summed E-state index contributed by atoms with van der Waals surface area (Å²) in [6.07, 6.45) is 3.40. The number of amides is 1. The van der Waals surface area contributed by atoms with Crippen LogP contribution in [0.25, 0.3) is 39.3 Å². The average Bonchev–Trinajstić information content (AvgIpc) is 3.39. The number of carbonyl (C=O) groups is 1. The maximum Gasteiger partial charge on any atom is 0.266 e. The van der Waals surface area contributed by atoms with Gasteiger partial charge >= 0.3 is 0 Å². The van der Waals surface area contributed by atoms with Gasteiger partial charge in [-0.15, -0.1) is 0 Å². The number of aromatic nitrogens is 4. The van der Waals surface area contributed by atoms with Crippen LogP contribution in [0.2, 0.25) is 0 Å². The lowest BCUT2D eigenvalue weighted by Crippen LogP contribution is -2.20. The molecule has 3 N–H and O–H groups in total. The smallest absolute Gasteiger partial charge is 0.266 e. The minimum Gasteiger partial charge on any atom is -0.383 e. The van der Waals surface area contributed by atoms with Gasteiger partial charge in [-0.3, -0.25) is 9.78 Å². The first-order chi connectivity index (χ1) is 16.8. The minimum atomic E-state index is -3.92. The molecule has 3 aromatic heterocycles. The maximum atomic E-state index is 12.3. The lowest BCUT2D eigenvalue weighted by Gasteiger charge is -2.10. The molecule has 0 bridgehead atoms. The normalized spacial score (nSPS) is 14.1. The van der Waals surface area contributed by atoms with Gasteiger partial charge in [0.1, 0.15) is 10.7 Å². The molecule has 0 atom stereocenters. The highest BCUT2D eigenvalue weighted by Crippen LogP contribution is 2.37. The number of nitrogen functional groups attached to an aromatic ring is 1. The van der Waals surface area contributed by atoms with Gasteiger partial charge < -0.3 is 5.73 Å². The zero-order valence-electron chi connectivity index (χ0n) is 17.8. The van der Waals surface area contributed by atoms with Crippen LogP contribution in [0.15, 0.2) is 82.4 Å². The van der Waals surface area contributed by atoms with Crippen molar-refractivity contribution in [1.29, 1.82) is 0 Å². The van der Waals surface area contributed by atoms with E-state index in [1.54, 1.807) is 18.5 Å². The Labute approximate surface area is 207 Å². The number of pyridine rings is 1. The Bertz CT molecular complexity index is 1770. The van der Waals surface area contributed by atoms with Crippen molar-refractivity contribution in [1.82, 2.24) is 24.3 Å². The average molecular weight is 547 g/mol. The standard InChI is InChI=1S/C24H15BrN6O3S/c25-20-21(14-6-8-16-19(10-14)35(33,34)30-24(16)32)29-23-17(12-28-31(23)22(20)26)15-7-9-18(27-11-15)13-4-2-1-3-5-13/h1-12H,26H2,(H,30,32). The van der Waals surface area contributed by atoms with E-state index in [4.69, 9.17) is 10.7 Å². The Morgan fingerprint density at radius 3 is 2.43 bits per heavy atom. The van der Waals surface area contributed by atoms with Crippen LogP contribution in [0.5, 0.6) is 0 Å². The topological polar surface area (TPSA) is 132 Å². The number of halogens is 1. The summed E-state index contributed by atoms with van der Waals surface area (Å²) in [4.78, 5) is 21.2. The van der Waals surface area contributed by atoms with Crippen LogP contribution in [0, 0.1) is 0 Å². The van der Waals surface area contributed by atoms with Gasteiger partial charge in [-0.25, -0.2) is 18.1 Å². The van der Waals surface area contributed by atoms with E-state index in [1.807, 2.05) is 47.2 Å². The fourth-order valence-corrected chi connectivity index (χ4v) is 5.72. The molecule has 1 amide bonds. The number of fused-ring (bicyclic) bond motifs is 2. The first kappa shape index (κ1) is 21.4. The second-order valence-corrected chi connectivity index (χ2v) is 10.3. The Morgan fingerprint density at radius 1 is 0.914 bits per heavy atom. The number of benzene rings is 2. The van der Waals surface area contributed by atoms with Crippen molar-refractivity contribution in [3.63, 3.8) is 0 Å². The van der Waals surface area contributed by atoms with Gasteiger partial charge in [0.25, 0.3) is 15.9 Å². The van der Waals surface area contributed by atoms with Crippen molar-refractivity contribution in [3.8, 4) is 33.6 Å². The molecule has 9 nitrogen and oxygen atoms in total. The zero-order valence-corrected chi connectivity index (χ0v) is 20.2. The van der Waals surface area contributed by atoms with Crippen molar-refractivity contribution in [2.45, 2.75) is 4.90 Å². The number of nitrogens with two attached hydrogens (primary N) is 1. The third kappa shape index (κ3) is 3.39. The van der Waals surface area contributed by atoms with Crippen LogP contribution in [-0.4, -0.2) is 33.9 Å². The fraction of sp³-hybridized carbons (Fsp3) is 0. The Kier molecular flexibility index (Phi) is 4.73. The summed E-state index contributed by atoms with van der Waals surface area (Å²) in [5.74, 6) is -0.360. The van der Waals surface area contributed by atoms with E-state index in [2.05, 4.69) is 26.0 Å². The Morgan fingerprint density at radius 2 is 1.69 bits per heavy atom. The molecule has 35 heavy (non-hydrogen) atoms. The lowest BCUT2D eigenvalue weighted by atomic mass is 10.1. The number of carbonyl (C=O) groups excluding carboxylic acids is 1. The highest BCUT2D eigenvalue weighted by molar-refractivity contribution is 9.10. The van der Waals surface area contributed by atoms with Crippen molar-refractivity contribution < 1.29 is 13.2 Å². The molecule has 5 aromatic rings. The zero-order chi connectivity index (χ0) is 24.3. The van der Waals surface area contributed by atoms with E-state index in [-0.39, 0.29) is 10.5 Å². The van der Waals surface area contributed by atoms with Crippen LogP contribution >= 0.6 is 15.9 Å². The summed E-state index contributed by atoms with van der Waals surface area (Å²) in [6.45, 7) is 0. The third-order valence-electron chi connectivity index (χ3n) is 5.78. The molecule has 1 aliphatic rings. The van der Waals surface area contributed by atoms with Crippen LogP contribution in [0.3, 0.4) is 0 Å². The monoisotopic (exact) mass is 546 g/mol. The van der Waals surface area contributed by atoms with Gasteiger partial charge in [-0.1, -0.05) is 42.5 Å². The van der Waals surface area contributed by atoms with E-state index in [9.17, 15) is 13.2 Å². The van der Waals surface area contributed by atoms with E-state index >= 15 is 0 Å². The quantitative estimate of drug-likeness (QED) is 0.350. The molecule has 4 heterocycles. The van der Waals surface area contributed by atoms with Crippen LogP contribution in [0.4, 0.5) is 5.82 Å². The molecule has 2 aromatic carbocycles. The van der Waals surface area contributed by atoms with Crippen molar-refractivity contribution in [2.24, 2.45) is 0 Å². The molecule has 0 saturated carbocycles. The second-order valence-electron chi connectivity index (χ2n) is 7.90. The number of nitrogens with zero attached hydrogens (tertiary/aromatic N) is 4. The highest BCUT2D eigenvalue weighted by atomic mass is 79.9. The Hall–Kier alpha value is -4.09. The van der Waals surface area contributed by atoms with E-state index in [0.29, 0.717) is 32.8 Å². The molecule has 0 aliphatic carbocycles. The number of anilines is 1. The number of nitrogens with one attached hydrogen (secondary N) is 1. The van der Waals surface area contributed by atoms with E-state index in [1.165, 1.54) is 16.6 Å². The summed E-state index contributed by atoms with van der Waals surface area (Å²) in [7, 11) is -3.92. The molecule has 0 unspecified atom stereocenters. The van der Waals surface area contributed by atoms with Gasteiger partial charge in [-0.05, 0) is 34.1 Å². The molecule has 1 aliphatic heterocycles. The molecule has 0 fully saturated rings. The molecular weight excluding hydrogens is 532 g/mol. The van der Waals surface area contributed by atoms with Crippen LogP contribution < -0.4 is 10.5 Å². The van der Waals surface area contributed by atoms with E-state index < -0.39 is 15.9 Å². The summed E-state index contributed by atoms with van der Waals surface area (Å²) in [5, 5.41) is 4.38. The SMILES string of the molecule is Nc1c(Br)c(-c2ccc3c(c2)S(=O)(=O)NC3=O)nc2c(-c3ccc(-c4ccccc4)nc3)cnn12. The molecule has 172 valence electrons. The largest absolute Gasteiger partial charge is 0.383 e. The van der Waals surface area contributed by atoms with Gasteiger partial charge in [0, 0.05) is 28.5 Å².